The van der Waals surface area contributed by atoms with Gasteiger partial charge in [0.15, 0.2) is 5.78 Å². The Balaban J connectivity index is 2.02. The van der Waals surface area contributed by atoms with E-state index in [0.717, 1.165) is 12.1 Å². The van der Waals surface area contributed by atoms with Gasteiger partial charge in [0.25, 0.3) is 5.91 Å². The van der Waals surface area contributed by atoms with Gasteiger partial charge in [-0.3, -0.25) is 19.4 Å². The molecule has 1 aliphatic rings. The van der Waals surface area contributed by atoms with E-state index in [-0.39, 0.29) is 17.7 Å². The van der Waals surface area contributed by atoms with Crippen LogP contribution in [0.2, 0.25) is 0 Å². The summed E-state index contributed by atoms with van der Waals surface area (Å²) in [4.78, 5) is 44.0. The van der Waals surface area contributed by atoms with Gasteiger partial charge in [0.1, 0.15) is 5.92 Å². The molecular formula is C22H21F3N2O4. The molecule has 2 unspecified atom stereocenters. The Hall–Kier alpha value is -3.07. The molecule has 1 aromatic heterocycles. The zero-order chi connectivity index (χ0) is 22.8. The molecule has 2 heterocycles. The third-order valence-electron chi connectivity index (χ3n) is 5.21. The minimum atomic E-state index is -4.53. The number of Topliss-reactive ketones (excluding diaryl/α,β-unsaturated/α-hetero) is 2. The number of amides is 1. The maximum Gasteiger partial charge on any atom is 0.416 e. The van der Waals surface area contributed by atoms with Gasteiger partial charge in [-0.15, -0.1) is 0 Å². The van der Waals surface area contributed by atoms with Crippen molar-refractivity contribution in [1.82, 2.24) is 9.88 Å². The number of aromatic nitrogens is 1. The number of likely N-dealkylation sites (tertiary alicyclic amines) is 1. The lowest BCUT2D eigenvalue weighted by atomic mass is 9.86. The summed E-state index contributed by atoms with van der Waals surface area (Å²) in [5.74, 6) is -3.67. The maximum atomic E-state index is 13.2. The summed E-state index contributed by atoms with van der Waals surface area (Å²) in [5, 5.41) is 0. The minimum Gasteiger partial charge on any atom is -0.385 e. The Morgan fingerprint density at radius 3 is 2.35 bits per heavy atom. The van der Waals surface area contributed by atoms with Crippen molar-refractivity contribution in [2.24, 2.45) is 5.92 Å². The van der Waals surface area contributed by atoms with Gasteiger partial charge in [0.05, 0.1) is 11.6 Å². The van der Waals surface area contributed by atoms with Crippen LogP contribution >= 0.6 is 0 Å². The average molecular weight is 434 g/mol. The van der Waals surface area contributed by atoms with Crippen LogP contribution in [0, 0.1) is 12.8 Å². The third-order valence-corrected chi connectivity index (χ3v) is 5.21. The van der Waals surface area contributed by atoms with Gasteiger partial charge in [-0.25, -0.2) is 0 Å². The number of carbonyl (C=O) groups excluding carboxylic acids is 3. The molecule has 0 aliphatic carbocycles. The van der Waals surface area contributed by atoms with Crippen molar-refractivity contribution >= 4 is 17.5 Å². The Kier molecular flexibility index (Phi) is 6.54. The topological polar surface area (TPSA) is 76.6 Å². The molecule has 0 N–H and O–H groups in total. The number of carbonyl (C=O) groups is 3. The predicted octanol–water partition coefficient (Wildman–Crippen LogP) is 3.40. The minimum absolute atomic E-state index is 0.125. The van der Waals surface area contributed by atoms with Crippen LogP contribution in [0.1, 0.15) is 39.6 Å². The number of halogens is 3. The fourth-order valence-electron chi connectivity index (χ4n) is 3.64. The molecule has 164 valence electrons. The first-order valence-electron chi connectivity index (χ1n) is 9.63. The largest absolute Gasteiger partial charge is 0.416 e. The van der Waals surface area contributed by atoms with E-state index in [1.807, 2.05) is 0 Å². The molecule has 0 saturated carbocycles. The highest BCUT2D eigenvalue weighted by molar-refractivity contribution is 6.44. The third kappa shape index (κ3) is 4.66. The van der Waals surface area contributed by atoms with Crippen molar-refractivity contribution in [3.05, 3.63) is 65.0 Å². The molecule has 0 spiro atoms. The number of hydrogen-bond acceptors (Lipinski definition) is 5. The van der Waals surface area contributed by atoms with Gasteiger partial charge in [-0.1, -0.05) is 12.1 Å². The smallest absolute Gasteiger partial charge is 0.385 e. The molecule has 1 aromatic carbocycles. The summed E-state index contributed by atoms with van der Waals surface area (Å²) < 4.78 is 43.9. The molecule has 1 fully saturated rings. The number of ether oxygens (including phenoxy) is 1. The standard InChI is InChI=1S/C22H21F3N2O4/c1-13-4-5-15(12-26-13)19(28)17-18(14-6-8-16(9-7-14)22(23,24)25)27(10-3-11-31-2)21(30)20(17)29/h4-9,12,17-18H,3,10-11H2,1-2H3. The molecule has 0 bridgehead atoms. The number of pyridine rings is 1. The molecule has 9 heteroatoms. The first-order chi connectivity index (χ1) is 14.6. The highest BCUT2D eigenvalue weighted by Crippen LogP contribution is 2.39. The average Bonchev–Trinajstić information content (AvgIpc) is 2.98. The van der Waals surface area contributed by atoms with Gasteiger partial charge < -0.3 is 9.64 Å². The Bertz CT molecular complexity index is 972. The summed E-state index contributed by atoms with van der Waals surface area (Å²) in [7, 11) is 1.49. The lowest BCUT2D eigenvalue weighted by molar-refractivity contribution is -0.140. The Morgan fingerprint density at radius 1 is 1.13 bits per heavy atom. The zero-order valence-corrected chi connectivity index (χ0v) is 17.0. The first kappa shape index (κ1) is 22.6. The van der Waals surface area contributed by atoms with E-state index in [4.69, 9.17) is 4.74 Å². The summed E-state index contributed by atoms with van der Waals surface area (Å²) in [6.45, 7) is 2.18. The van der Waals surface area contributed by atoms with Crippen molar-refractivity contribution in [2.45, 2.75) is 25.6 Å². The van der Waals surface area contributed by atoms with Crippen LogP contribution in [-0.2, 0) is 20.5 Å². The number of benzene rings is 1. The second kappa shape index (κ2) is 8.97. The van der Waals surface area contributed by atoms with Crippen molar-refractivity contribution in [3.63, 3.8) is 0 Å². The van der Waals surface area contributed by atoms with Crippen LogP contribution in [0.5, 0.6) is 0 Å². The summed E-state index contributed by atoms with van der Waals surface area (Å²) in [6.07, 6.45) is -2.80. The number of methoxy groups -OCH3 is 1. The van der Waals surface area contributed by atoms with Crippen LogP contribution in [0.25, 0.3) is 0 Å². The zero-order valence-electron chi connectivity index (χ0n) is 17.0. The van der Waals surface area contributed by atoms with Gasteiger partial charge in [-0.2, -0.15) is 13.2 Å². The van der Waals surface area contributed by atoms with Gasteiger partial charge >= 0.3 is 6.18 Å². The van der Waals surface area contributed by atoms with Crippen LogP contribution in [-0.4, -0.2) is 47.6 Å². The molecule has 1 saturated heterocycles. The number of ketones is 2. The molecule has 2 aromatic rings. The fourth-order valence-corrected chi connectivity index (χ4v) is 3.64. The fraction of sp³-hybridized carbons (Fsp3) is 0.364. The molecule has 2 atom stereocenters. The van der Waals surface area contributed by atoms with Gasteiger partial charge in [-0.05, 0) is 43.2 Å². The van der Waals surface area contributed by atoms with E-state index in [2.05, 4.69) is 4.98 Å². The molecule has 3 rings (SSSR count). The van der Waals surface area contributed by atoms with Crippen molar-refractivity contribution in [1.29, 1.82) is 0 Å². The number of nitrogens with zero attached hydrogens (tertiary/aromatic N) is 2. The van der Waals surface area contributed by atoms with E-state index in [0.29, 0.717) is 18.7 Å². The van der Waals surface area contributed by atoms with E-state index in [1.165, 1.54) is 36.4 Å². The predicted molar refractivity (Wildman–Crippen MR) is 104 cm³/mol. The normalized spacial score (nSPS) is 19.2. The molecule has 6 nitrogen and oxygen atoms in total. The Labute approximate surface area is 177 Å². The number of alkyl halides is 3. The van der Waals surface area contributed by atoms with Crippen LogP contribution in [0.3, 0.4) is 0 Å². The summed E-state index contributed by atoms with van der Waals surface area (Å²) in [5.41, 5.74) is 0.254. The quantitative estimate of drug-likeness (QED) is 0.289. The molecule has 1 amide bonds. The summed E-state index contributed by atoms with van der Waals surface area (Å²) >= 11 is 0. The van der Waals surface area contributed by atoms with Crippen molar-refractivity contribution < 1.29 is 32.3 Å². The van der Waals surface area contributed by atoms with Crippen LogP contribution in [0.4, 0.5) is 13.2 Å². The monoisotopic (exact) mass is 434 g/mol. The van der Waals surface area contributed by atoms with E-state index in [1.54, 1.807) is 13.0 Å². The number of aryl methyl sites for hydroxylation is 1. The highest BCUT2D eigenvalue weighted by atomic mass is 19.4. The molecule has 31 heavy (non-hydrogen) atoms. The van der Waals surface area contributed by atoms with E-state index < -0.39 is 41.2 Å². The van der Waals surface area contributed by atoms with Crippen molar-refractivity contribution in [2.75, 3.05) is 20.3 Å². The molecular weight excluding hydrogens is 413 g/mol. The first-order valence-corrected chi connectivity index (χ1v) is 9.63. The summed E-state index contributed by atoms with van der Waals surface area (Å²) in [6, 6.07) is 6.29. The SMILES string of the molecule is COCCCN1C(=O)C(=O)C(C(=O)c2ccc(C)nc2)C1c1ccc(C(F)(F)F)cc1. The van der Waals surface area contributed by atoms with Gasteiger partial charge in [0, 0.05) is 37.7 Å². The van der Waals surface area contributed by atoms with Crippen LogP contribution in [0.15, 0.2) is 42.6 Å². The van der Waals surface area contributed by atoms with Gasteiger partial charge in [0.2, 0.25) is 5.78 Å². The number of hydrogen-bond donors (Lipinski definition) is 0. The van der Waals surface area contributed by atoms with E-state index >= 15 is 0 Å². The molecule has 0 radical (unpaired) electrons. The van der Waals surface area contributed by atoms with Crippen LogP contribution < -0.4 is 0 Å². The lowest BCUT2D eigenvalue weighted by Crippen LogP contribution is -2.32. The molecule has 1 aliphatic heterocycles. The lowest BCUT2D eigenvalue weighted by Gasteiger charge is -2.27. The van der Waals surface area contributed by atoms with Crippen molar-refractivity contribution in [3.8, 4) is 0 Å². The maximum absolute atomic E-state index is 13.2. The number of rotatable bonds is 7. The second-order valence-corrected chi connectivity index (χ2v) is 7.30. The van der Waals surface area contributed by atoms with E-state index in [9.17, 15) is 27.6 Å². The highest BCUT2D eigenvalue weighted by Gasteiger charge is 2.51. The Morgan fingerprint density at radius 2 is 1.81 bits per heavy atom. The second-order valence-electron chi connectivity index (χ2n) is 7.30.